The first-order valence-electron chi connectivity index (χ1n) is 9.05. The van der Waals surface area contributed by atoms with Crippen molar-refractivity contribution in [1.82, 2.24) is 9.97 Å². The highest BCUT2D eigenvalue weighted by atomic mass is 32.2. The molecule has 0 fully saturated rings. The summed E-state index contributed by atoms with van der Waals surface area (Å²) in [6, 6.07) is 6.06. The van der Waals surface area contributed by atoms with Gasteiger partial charge in [0, 0.05) is 15.8 Å². The molecule has 0 unspecified atom stereocenters. The van der Waals surface area contributed by atoms with Crippen LogP contribution in [0.1, 0.15) is 50.6 Å². The maximum absolute atomic E-state index is 12.8. The second kappa shape index (κ2) is 7.12. The number of benzene rings is 1. The van der Waals surface area contributed by atoms with Gasteiger partial charge in [-0.2, -0.15) is 0 Å². The van der Waals surface area contributed by atoms with Crippen molar-refractivity contribution in [3.05, 3.63) is 51.2 Å². The summed E-state index contributed by atoms with van der Waals surface area (Å²) in [6.07, 6.45) is 4.76. The minimum atomic E-state index is 0.171. The summed E-state index contributed by atoms with van der Waals surface area (Å²) in [6.45, 7) is 5.96. The van der Waals surface area contributed by atoms with Gasteiger partial charge < -0.3 is 0 Å². The molecule has 1 aromatic carbocycles. The van der Waals surface area contributed by atoms with Crippen molar-refractivity contribution in [2.24, 2.45) is 0 Å². The van der Waals surface area contributed by atoms with Crippen LogP contribution in [0.15, 0.2) is 23.2 Å². The summed E-state index contributed by atoms with van der Waals surface area (Å²) in [5, 5.41) is 2.18. The summed E-state index contributed by atoms with van der Waals surface area (Å²) in [7, 11) is 0. The SMILES string of the molecule is Cc1ccc(C)c(C(=O)CSc2nc(C)nc3sc4c(c23)CCCC4)c1. The predicted octanol–water partition coefficient (Wildman–Crippen LogP) is 5.47. The molecule has 1 aliphatic carbocycles. The Morgan fingerprint density at radius 2 is 1.96 bits per heavy atom. The first-order chi connectivity index (χ1) is 12.5. The van der Waals surface area contributed by atoms with E-state index in [1.807, 2.05) is 50.3 Å². The fourth-order valence-corrected chi connectivity index (χ4v) is 5.93. The molecule has 0 N–H and O–H groups in total. The highest BCUT2D eigenvalue weighted by molar-refractivity contribution is 8.00. The van der Waals surface area contributed by atoms with Crippen molar-refractivity contribution in [2.75, 3.05) is 5.75 Å². The molecule has 0 spiro atoms. The third kappa shape index (κ3) is 3.30. The monoisotopic (exact) mass is 382 g/mol. The molecule has 4 rings (SSSR count). The molecule has 0 bridgehead atoms. The number of ketones is 1. The molecule has 0 atom stereocenters. The molecule has 1 aliphatic rings. The second-order valence-corrected chi connectivity index (χ2v) is 9.04. The summed E-state index contributed by atoms with van der Waals surface area (Å²) in [5.41, 5.74) is 4.42. The Bertz CT molecular complexity index is 1010. The number of hydrogen-bond acceptors (Lipinski definition) is 5. The molecule has 3 aromatic rings. The zero-order valence-corrected chi connectivity index (χ0v) is 17.0. The fraction of sp³-hybridized carbons (Fsp3) is 0.381. The first kappa shape index (κ1) is 17.7. The lowest BCUT2D eigenvalue weighted by atomic mass is 9.97. The van der Waals surface area contributed by atoms with Crippen LogP contribution in [0.4, 0.5) is 0 Å². The second-order valence-electron chi connectivity index (χ2n) is 7.00. The lowest BCUT2D eigenvalue weighted by Gasteiger charge is -2.12. The number of thiophene rings is 1. The van der Waals surface area contributed by atoms with E-state index < -0.39 is 0 Å². The standard InChI is InChI=1S/C21H22N2OS2/c1-12-8-9-13(2)16(10-12)17(24)11-25-20-19-15-6-4-5-7-18(15)26-21(19)23-14(3)22-20/h8-10H,4-7,11H2,1-3H3. The van der Waals surface area contributed by atoms with Gasteiger partial charge in [-0.3, -0.25) is 4.79 Å². The summed E-state index contributed by atoms with van der Waals surface area (Å²) in [4.78, 5) is 24.7. The van der Waals surface area contributed by atoms with Gasteiger partial charge in [0.05, 0.1) is 5.75 Å². The van der Waals surface area contributed by atoms with Crippen molar-refractivity contribution in [3.63, 3.8) is 0 Å². The molecule has 0 saturated heterocycles. The van der Waals surface area contributed by atoms with E-state index in [1.165, 1.54) is 28.7 Å². The molecule has 2 heterocycles. The van der Waals surface area contributed by atoms with Gasteiger partial charge in [-0.1, -0.05) is 29.5 Å². The van der Waals surface area contributed by atoms with Crippen molar-refractivity contribution in [3.8, 4) is 0 Å². The number of hydrogen-bond donors (Lipinski definition) is 0. The van der Waals surface area contributed by atoms with Crippen LogP contribution in [0.5, 0.6) is 0 Å². The smallest absolute Gasteiger partial charge is 0.173 e. The maximum Gasteiger partial charge on any atom is 0.173 e. The zero-order chi connectivity index (χ0) is 18.3. The lowest BCUT2D eigenvalue weighted by molar-refractivity contribution is 0.102. The van der Waals surface area contributed by atoms with Gasteiger partial charge in [0.2, 0.25) is 0 Å². The van der Waals surface area contributed by atoms with Gasteiger partial charge in [0.15, 0.2) is 5.78 Å². The number of carbonyl (C=O) groups is 1. The number of carbonyl (C=O) groups excluding carboxylic acids is 1. The quantitative estimate of drug-likeness (QED) is 0.341. The van der Waals surface area contributed by atoms with Crippen LogP contribution >= 0.6 is 23.1 Å². The number of aromatic nitrogens is 2. The average Bonchev–Trinajstić information content (AvgIpc) is 2.99. The van der Waals surface area contributed by atoms with Crippen LogP contribution in [0.3, 0.4) is 0 Å². The number of thioether (sulfide) groups is 1. The van der Waals surface area contributed by atoms with Crippen molar-refractivity contribution < 1.29 is 4.79 Å². The van der Waals surface area contributed by atoms with E-state index in [0.29, 0.717) is 5.75 Å². The topological polar surface area (TPSA) is 42.9 Å². The van der Waals surface area contributed by atoms with Crippen LogP contribution in [0, 0.1) is 20.8 Å². The highest BCUT2D eigenvalue weighted by Crippen LogP contribution is 2.39. The Kier molecular flexibility index (Phi) is 4.84. The van der Waals surface area contributed by atoms with E-state index in [4.69, 9.17) is 4.98 Å². The minimum Gasteiger partial charge on any atom is -0.293 e. The summed E-state index contributed by atoms with van der Waals surface area (Å²) >= 11 is 3.38. The number of Topliss-reactive ketones (excluding diaryl/α,β-unsaturated/α-hetero) is 1. The number of fused-ring (bicyclic) bond motifs is 3. The fourth-order valence-electron chi connectivity index (χ4n) is 3.58. The first-order valence-corrected chi connectivity index (χ1v) is 10.9. The van der Waals surface area contributed by atoms with Gasteiger partial charge in [-0.05, 0) is 63.6 Å². The van der Waals surface area contributed by atoms with Crippen LogP contribution < -0.4 is 0 Å². The maximum atomic E-state index is 12.8. The third-order valence-corrected chi connectivity index (χ3v) is 7.09. The molecule has 0 amide bonds. The molecule has 134 valence electrons. The molecule has 0 saturated carbocycles. The number of aryl methyl sites for hydroxylation is 5. The largest absolute Gasteiger partial charge is 0.293 e. The summed E-state index contributed by atoms with van der Waals surface area (Å²) < 4.78 is 0. The van der Waals surface area contributed by atoms with Crippen molar-refractivity contribution in [1.29, 1.82) is 0 Å². The van der Waals surface area contributed by atoms with Crippen molar-refractivity contribution in [2.45, 2.75) is 51.5 Å². The van der Waals surface area contributed by atoms with Gasteiger partial charge >= 0.3 is 0 Å². The van der Waals surface area contributed by atoms with E-state index in [-0.39, 0.29) is 5.78 Å². The van der Waals surface area contributed by atoms with E-state index >= 15 is 0 Å². The normalized spacial score (nSPS) is 13.8. The van der Waals surface area contributed by atoms with Crippen LogP contribution in [0.25, 0.3) is 10.2 Å². The van der Waals surface area contributed by atoms with Gasteiger partial charge in [-0.25, -0.2) is 9.97 Å². The number of rotatable bonds is 4. The lowest BCUT2D eigenvalue weighted by Crippen LogP contribution is -2.06. The Labute approximate surface area is 162 Å². The molecule has 2 aromatic heterocycles. The minimum absolute atomic E-state index is 0.171. The van der Waals surface area contributed by atoms with E-state index in [1.54, 1.807) is 11.8 Å². The van der Waals surface area contributed by atoms with E-state index in [0.717, 1.165) is 45.2 Å². The Hall–Kier alpha value is -1.72. The Balaban J connectivity index is 1.66. The Morgan fingerprint density at radius 3 is 2.81 bits per heavy atom. The van der Waals surface area contributed by atoms with Crippen molar-refractivity contribution >= 4 is 39.1 Å². The molecule has 3 nitrogen and oxygen atoms in total. The average molecular weight is 383 g/mol. The molecule has 26 heavy (non-hydrogen) atoms. The van der Waals surface area contributed by atoms with E-state index in [9.17, 15) is 4.79 Å². The van der Waals surface area contributed by atoms with Crippen LogP contribution in [0.2, 0.25) is 0 Å². The van der Waals surface area contributed by atoms with Gasteiger partial charge in [0.25, 0.3) is 0 Å². The Morgan fingerprint density at radius 1 is 1.15 bits per heavy atom. The highest BCUT2D eigenvalue weighted by Gasteiger charge is 2.21. The van der Waals surface area contributed by atoms with Gasteiger partial charge in [-0.15, -0.1) is 11.3 Å². The third-order valence-electron chi connectivity index (χ3n) is 4.93. The van der Waals surface area contributed by atoms with Crippen LogP contribution in [-0.4, -0.2) is 21.5 Å². The number of nitrogens with zero attached hydrogens (tertiary/aromatic N) is 2. The van der Waals surface area contributed by atoms with Gasteiger partial charge in [0.1, 0.15) is 15.7 Å². The summed E-state index contributed by atoms with van der Waals surface area (Å²) in [5.74, 6) is 1.38. The van der Waals surface area contributed by atoms with Crippen LogP contribution in [-0.2, 0) is 12.8 Å². The zero-order valence-electron chi connectivity index (χ0n) is 15.4. The molecule has 0 radical (unpaired) electrons. The van der Waals surface area contributed by atoms with E-state index in [2.05, 4.69) is 4.98 Å². The molecular formula is C21H22N2OS2. The molecule has 0 aliphatic heterocycles. The predicted molar refractivity (Wildman–Crippen MR) is 110 cm³/mol. The molecular weight excluding hydrogens is 360 g/mol. The molecule has 5 heteroatoms.